The second-order valence-electron chi connectivity index (χ2n) is 3.80. The molecule has 0 amide bonds. The predicted octanol–water partition coefficient (Wildman–Crippen LogP) is 0.279. The summed E-state index contributed by atoms with van der Waals surface area (Å²) in [6.07, 6.45) is 0.255. The number of nitrogens with two attached hydrogens (primary N) is 1. The van der Waals surface area contributed by atoms with Gasteiger partial charge in [-0.2, -0.15) is 4.98 Å². The molecule has 0 aliphatic carbocycles. The van der Waals surface area contributed by atoms with Crippen molar-refractivity contribution in [3.05, 3.63) is 22.7 Å². The van der Waals surface area contributed by atoms with Gasteiger partial charge in [0.2, 0.25) is 0 Å². The van der Waals surface area contributed by atoms with E-state index in [1.54, 1.807) is 0 Å². The molecular weight excluding hydrogens is 269 g/mol. The summed E-state index contributed by atoms with van der Waals surface area (Å²) in [6.45, 7) is -0.213. The summed E-state index contributed by atoms with van der Waals surface area (Å²) < 4.78 is 5.28. The Balaban J connectivity index is 2.37. The van der Waals surface area contributed by atoms with Crippen molar-refractivity contribution in [1.82, 2.24) is 9.55 Å². The van der Waals surface area contributed by atoms with E-state index in [0.717, 1.165) is 4.57 Å². The summed E-state index contributed by atoms with van der Waals surface area (Å²) in [5, 5.41) is 9.01. The van der Waals surface area contributed by atoms with Crippen LogP contribution in [0.3, 0.4) is 0 Å². The van der Waals surface area contributed by atoms with E-state index in [9.17, 15) is 4.79 Å². The van der Waals surface area contributed by atoms with E-state index in [1.807, 2.05) is 0 Å². The van der Waals surface area contributed by atoms with E-state index < -0.39 is 22.4 Å². The minimum absolute atomic E-state index is 0.109. The highest BCUT2D eigenvalue weighted by molar-refractivity contribution is 6.48. The minimum Gasteiger partial charge on any atom is -0.394 e. The Labute approximate surface area is 107 Å². The first-order valence-corrected chi connectivity index (χ1v) is 5.68. The van der Waals surface area contributed by atoms with Gasteiger partial charge in [0, 0.05) is 12.6 Å². The normalized spacial score (nSPS) is 27.2. The molecule has 0 saturated carbocycles. The molecule has 1 aliphatic heterocycles. The molecule has 1 aromatic heterocycles. The smallest absolute Gasteiger partial charge is 0.351 e. The fourth-order valence-electron chi connectivity index (χ4n) is 1.72. The summed E-state index contributed by atoms with van der Waals surface area (Å²) in [7, 11) is 0. The zero-order chi connectivity index (χ0) is 12.6. The third-order valence-electron chi connectivity index (χ3n) is 2.49. The van der Waals surface area contributed by atoms with Crippen LogP contribution in [0.4, 0.5) is 5.82 Å². The van der Waals surface area contributed by atoms with Gasteiger partial charge < -0.3 is 15.6 Å². The van der Waals surface area contributed by atoms with E-state index in [-0.39, 0.29) is 18.8 Å². The van der Waals surface area contributed by atoms with Crippen LogP contribution >= 0.6 is 23.2 Å². The molecule has 2 heterocycles. The Bertz CT molecular complexity index is 477. The molecule has 0 radical (unpaired) electrons. The Morgan fingerprint density at radius 1 is 1.71 bits per heavy atom. The van der Waals surface area contributed by atoms with Crippen LogP contribution in [0, 0.1) is 0 Å². The lowest BCUT2D eigenvalue weighted by molar-refractivity contribution is -0.0262. The van der Waals surface area contributed by atoms with Gasteiger partial charge in [0.05, 0.1) is 12.7 Å². The fourth-order valence-corrected chi connectivity index (χ4v) is 2.37. The maximum atomic E-state index is 11.6. The lowest BCUT2D eigenvalue weighted by Gasteiger charge is -2.22. The first-order valence-electron chi connectivity index (χ1n) is 4.93. The van der Waals surface area contributed by atoms with E-state index in [0.29, 0.717) is 0 Å². The van der Waals surface area contributed by atoms with E-state index in [4.69, 9.17) is 38.8 Å². The lowest BCUT2D eigenvalue weighted by Crippen LogP contribution is -2.34. The third kappa shape index (κ3) is 2.40. The molecule has 94 valence electrons. The first-order chi connectivity index (χ1) is 7.94. The third-order valence-corrected chi connectivity index (χ3v) is 3.17. The highest BCUT2D eigenvalue weighted by Gasteiger charge is 2.47. The quantitative estimate of drug-likeness (QED) is 0.759. The number of anilines is 1. The molecule has 1 aliphatic rings. The number of aromatic nitrogens is 2. The van der Waals surface area contributed by atoms with Crippen molar-refractivity contribution >= 4 is 29.0 Å². The molecule has 2 unspecified atom stereocenters. The SMILES string of the molecule is Nc1ccn(C2OC(CO)CC2(Cl)Cl)c(=O)n1. The van der Waals surface area contributed by atoms with E-state index >= 15 is 0 Å². The molecule has 2 atom stereocenters. The van der Waals surface area contributed by atoms with Gasteiger partial charge >= 0.3 is 5.69 Å². The second-order valence-corrected chi connectivity index (χ2v) is 5.34. The minimum atomic E-state index is -1.28. The average Bonchev–Trinajstić information content (AvgIpc) is 2.54. The molecule has 3 N–H and O–H groups in total. The Morgan fingerprint density at radius 2 is 2.41 bits per heavy atom. The summed E-state index contributed by atoms with van der Waals surface area (Å²) in [6, 6.07) is 1.45. The highest BCUT2D eigenvalue weighted by Crippen LogP contribution is 2.45. The van der Waals surface area contributed by atoms with Crippen LogP contribution in [0.5, 0.6) is 0 Å². The zero-order valence-electron chi connectivity index (χ0n) is 8.72. The summed E-state index contributed by atoms with van der Waals surface area (Å²) >= 11 is 12.1. The van der Waals surface area contributed by atoms with Gasteiger partial charge in [-0.05, 0) is 6.07 Å². The van der Waals surface area contributed by atoms with Crippen LogP contribution in [-0.4, -0.2) is 31.7 Å². The van der Waals surface area contributed by atoms with Crippen LogP contribution < -0.4 is 11.4 Å². The molecule has 0 bridgehead atoms. The number of rotatable bonds is 2. The number of aliphatic hydroxyl groups is 1. The van der Waals surface area contributed by atoms with Crippen LogP contribution in [0.25, 0.3) is 0 Å². The van der Waals surface area contributed by atoms with Crippen LogP contribution in [0.2, 0.25) is 0 Å². The number of hydrogen-bond acceptors (Lipinski definition) is 5. The van der Waals surface area contributed by atoms with Crippen LogP contribution in [0.1, 0.15) is 12.6 Å². The number of nitrogens with zero attached hydrogens (tertiary/aromatic N) is 2. The molecule has 8 heteroatoms. The Hall–Kier alpha value is -0.820. The van der Waals surface area contributed by atoms with Crippen molar-refractivity contribution in [2.75, 3.05) is 12.3 Å². The van der Waals surface area contributed by atoms with Crippen molar-refractivity contribution in [1.29, 1.82) is 0 Å². The van der Waals surface area contributed by atoms with Gasteiger partial charge in [-0.25, -0.2) is 4.79 Å². The summed E-state index contributed by atoms with van der Waals surface area (Å²) in [4.78, 5) is 15.2. The monoisotopic (exact) mass is 279 g/mol. The molecular formula is C9H11Cl2N3O3. The van der Waals surface area contributed by atoms with E-state index in [1.165, 1.54) is 12.3 Å². The number of hydrogen-bond donors (Lipinski definition) is 2. The highest BCUT2D eigenvalue weighted by atomic mass is 35.5. The molecule has 0 spiro atoms. The topological polar surface area (TPSA) is 90.4 Å². The average molecular weight is 280 g/mol. The molecule has 17 heavy (non-hydrogen) atoms. The Morgan fingerprint density at radius 3 is 2.94 bits per heavy atom. The Kier molecular flexibility index (Phi) is 3.31. The second kappa shape index (κ2) is 4.45. The number of halogens is 2. The van der Waals surface area contributed by atoms with Crippen molar-refractivity contribution in [2.24, 2.45) is 0 Å². The van der Waals surface area contributed by atoms with Crippen LogP contribution in [-0.2, 0) is 4.74 Å². The maximum Gasteiger partial charge on any atom is 0.351 e. The molecule has 2 rings (SSSR count). The zero-order valence-corrected chi connectivity index (χ0v) is 10.2. The standard InChI is InChI=1S/C9H11Cl2N3O3/c10-9(11)3-5(4-15)17-7(9)14-2-1-6(12)13-8(14)16/h1-2,5,7,15H,3-4H2,(H2,12,13,16). The molecule has 6 nitrogen and oxygen atoms in total. The number of ether oxygens (including phenoxy) is 1. The fraction of sp³-hybridized carbons (Fsp3) is 0.556. The molecule has 1 saturated heterocycles. The lowest BCUT2D eigenvalue weighted by atomic mass is 10.2. The predicted molar refractivity (Wildman–Crippen MR) is 63.0 cm³/mol. The van der Waals surface area contributed by atoms with Gasteiger partial charge in [-0.15, -0.1) is 0 Å². The van der Waals surface area contributed by atoms with Crippen molar-refractivity contribution in [3.8, 4) is 0 Å². The van der Waals surface area contributed by atoms with E-state index in [2.05, 4.69) is 4.98 Å². The van der Waals surface area contributed by atoms with Gasteiger partial charge in [0.1, 0.15) is 5.82 Å². The first kappa shape index (κ1) is 12.6. The van der Waals surface area contributed by atoms with Gasteiger partial charge in [0.15, 0.2) is 10.6 Å². The number of alkyl halides is 2. The maximum absolute atomic E-state index is 11.6. The number of aliphatic hydroxyl groups excluding tert-OH is 1. The summed E-state index contributed by atoms with van der Waals surface area (Å²) in [5.41, 5.74) is 4.78. The van der Waals surface area contributed by atoms with Crippen molar-refractivity contribution in [3.63, 3.8) is 0 Å². The van der Waals surface area contributed by atoms with Gasteiger partial charge in [0.25, 0.3) is 0 Å². The molecule has 1 fully saturated rings. The van der Waals surface area contributed by atoms with Gasteiger partial charge in [-0.1, -0.05) is 23.2 Å². The van der Waals surface area contributed by atoms with Crippen molar-refractivity contribution in [2.45, 2.75) is 23.1 Å². The molecule has 1 aromatic rings. The largest absolute Gasteiger partial charge is 0.394 e. The summed E-state index contributed by atoms with van der Waals surface area (Å²) in [5.74, 6) is 0.109. The van der Waals surface area contributed by atoms with Gasteiger partial charge in [-0.3, -0.25) is 4.57 Å². The van der Waals surface area contributed by atoms with Crippen LogP contribution in [0.15, 0.2) is 17.1 Å². The molecule has 0 aromatic carbocycles. The number of nitrogen functional groups attached to an aromatic ring is 1. The van der Waals surface area contributed by atoms with Crippen molar-refractivity contribution < 1.29 is 9.84 Å².